The second-order valence-electron chi connectivity index (χ2n) is 9.76. The molecule has 0 heterocycles. The lowest BCUT2D eigenvalue weighted by molar-refractivity contribution is -0.130. The smallest absolute Gasteiger partial charge is 0.386 e. The van der Waals surface area contributed by atoms with Gasteiger partial charge in [-0.3, -0.25) is 9.79 Å². The van der Waals surface area contributed by atoms with Gasteiger partial charge in [0.25, 0.3) is 0 Å². The fourth-order valence-corrected chi connectivity index (χ4v) is 2.40. The fourth-order valence-electron chi connectivity index (χ4n) is 2.40. The predicted molar refractivity (Wildman–Crippen MR) is 141 cm³/mol. The van der Waals surface area contributed by atoms with Crippen LogP contribution < -0.4 is 0 Å². The number of hydrogen-bond acceptors (Lipinski definition) is 3. The second-order valence-corrected chi connectivity index (χ2v) is 9.76. The van der Waals surface area contributed by atoms with Gasteiger partial charge in [0.05, 0.1) is 11.3 Å². The average molecular weight is 490 g/mol. The number of carbonyl (C=O) groups excluding carboxylic acids is 1. The molecule has 3 nitrogen and oxygen atoms in total. The molecule has 0 saturated carbocycles. The lowest BCUT2D eigenvalue weighted by Crippen LogP contribution is -2.15. The Hall–Kier alpha value is -1.69. The van der Waals surface area contributed by atoms with E-state index < -0.39 is 18.2 Å². The van der Waals surface area contributed by atoms with Gasteiger partial charge in [0.1, 0.15) is 5.78 Å². The minimum Gasteiger partial charge on any atom is -0.386 e. The topological polar surface area (TPSA) is 49.7 Å². The van der Waals surface area contributed by atoms with Crippen LogP contribution in [-0.4, -0.2) is 22.8 Å². The highest BCUT2D eigenvalue weighted by Gasteiger charge is 2.22. The number of nitrogens with zero attached hydrogens (tertiary/aromatic N) is 1. The van der Waals surface area contributed by atoms with E-state index in [1.807, 2.05) is 52.8 Å². The Labute approximate surface area is 207 Å². The zero-order chi connectivity index (χ0) is 27.8. The summed E-state index contributed by atoms with van der Waals surface area (Å²) in [5.41, 5.74) is 3.54. The summed E-state index contributed by atoms with van der Waals surface area (Å²) in [5.74, 6) is 0.398. The highest BCUT2D eigenvalue weighted by Crippen LogP contribution is 2.26. The number of halogens is 3. The molecule has 0 unspecified atom stereocenters. The number of rotatable bonds is 6. The third kappa shape index (κ3) is 22.1. The van der Waals surface area contributed by atoms with Crippen molar-refractivity contribution in [1.82, 2.24) is 0 Å². The van der Waals surface area contributed by atoms with Crippen LogP contribution in [-0.2, 0) is 10.4 Å². The Bertz CT molecular complexity index is 710. The summed E-state index contributed by atoms with van der Waals surface area (Å²) in [6.45, 7) is 23.2. The number of ketones is 1. The van der Waals surface area contributed by atoms with Gasteiger partial charge >= 0.3 is 6.18 Å². The van der Waals surface area contributed by atoms with Crippen LogP contribution in [0.1, 0.15) is 119 Å². The van der Waals surface area contributed by atoms with Crippen molar-refractivity contribution >= 4 is 17.2 Å². The number of aryl methyl sites for hydroxylation is 1. The summed E-state index contributed by atoms with van der Waals surface area (Å²) in [6.07, 6.45) is -1.27. The molecule has 0 atom stereocenters. The number of benzene rings is 1. The molecule has 0 aliphatic heterocycles. The first-order valence-electron chi connectivity index (χ1n) is 12.3. The van der Waals surface area contributed by atoms with Crippen LogP contribution in [0.25, 0.3) is 0 Å². The van der Waals surface area contributed by atoms with E-state index in [1.165, 1.54) is 0 Å². The maximum absolute atomic E-state index is 11.1. The number of carbonyl (C=O) groups is 1. The quantitative estimate of drug-likeness (QED) is 0.404. The summed E-state index contributed by atoms with van der Waals surface area (Å²) in [4.78, 5) is 15.6. The first-order valence-corrected chi connectivity index (χ1v) is 12.3. The van der Waals surface area contributed by atoms with Gasteiger partial charge in [0, 0.05) is 25.0 Å². The average Bonchev–Trinajstić information content (AvgIpc) is 2.69. The molecule has 0 aromatic heterocycles. The molecule has 0 spiro atoms. The summed E-state index contributed by atoms with van der Waals surface area (Å²) in [5, 5.41) is 9.90. The maximum atomic E-state index is 11.1. The van der Waals surface area contributed by atoms with E-state index in [4.69, 9.17) is 0 Å². The van der Waals surface area contributed by atoms with Gasteiger partial charge in [0.15, 0.2) is 0 Å². The third-order valence-electron chi connectivity index (χ3n) is 4.38. The Kier molecular flexibility index (Phi) is 19.2. The molecule has 0 saturated heterocycles. The molecule has 0 bridgehead atoms. The maximum Gasteiger partial charge on any atom is 0.388 e. The van der Waals surface area contributed by atoms with Gasteiger partial charge < -0.3 is 5.11 Å². The van der Waals surface area contributed by atoms with E-state index in [9.17, 15) is 23.1 Å². The molecule has 1 aromatic carbocycles. The summed E-state index contributed by atoms with van der Waals surface area (Å²) in [6, 6.07) is 5.92. The van der Waals surface area contributed by atoms with Gasteiger partial charge in [-0.1, -0.05) is 67.5 Å². The van der Waals surface area contributed by atoms with Crippen LogP contribution in [0, 0.1) is 12.3 Å². The van der Waals surface area contributed by atoms with Crippen LogP contribution in [0.4, 0.5) is 18.9 Å². The van der Waals surface area contributed by atoms with Gasteiger partial charge in [0.2, 0.25) is 0 Å². The molecule has 0 fully saturated rings. The molecular weight excluding hydrogens is 439 g/mol. The zero-order valence-corrected chi connectivity index (χ0v) is 23.7. The van der Waals surface area contributed by atoms with E-state index in [2.05, 4.69) is 32.7 Å². The van der Waals surface area contributed by atoms with E-state index in [0.29, 0.717) is 5.78 Å². The van der Waals surface area contributed by atoms with Crippen molar-refractivity contribution in [2.45, 2.75) is 127 Å². The predicted octanol–water partition coefficient (Wildman–Crippen LogP) is 9.50. The first kappa shape index (κ1) is 36.9. The molecule has 0 amide bonds. The van der Waals surface area contributed by atoms with E-state index in [-0.39, 0.29) is 5.41 Å². The van der Waals surface area contributed by atoms with Gasteiger partial charge in [-0.25, -0.2) is 0 Å². The van der Waals surface area contributed by atoms with Crippen molar-refractivity contribution in [3.8, 4) is 0 Å². The largest absolute Gasteiger partial charge is 0.388 e. The molecule has 0 radical (unpaired) electrons. The van der Waals surface area contributed by atoms with E-state index in [1.54, 1.807) is 13.8 Å². The Morgan fingerprint density at radius 3 is 1.76 bits per heavy atom. The molecule has 0 aliphatic rings. The van der Waals surface area contributed by atoms with Crippen molar-refractivity contribution < 1.29 is 23.1 Å². The fraction of sp³-hybridized carbons (Fsp3) is 0.714. The number of aliphatic hydroxyl groups is 1. The molecule has 1 N–H and O–H groups in total. The number of aliphatic imine (C=N–C) groups is 1. The standard InChI is InChI=1S/C14H21NO.C9H18O.C3H5F3.C2H6/c1-6-11(3)15-13-8-7-12(9-10(13)2)14(4,5)16;1-5-6-8(10)7-9(2,3)4;1-2-3(4,5)6;1-2/h7-9,16H,6H2,1-5H3;5-7H2,1-4H3;2H2,1H3;1-2H3. The Morgan fingerprint density at radius 2 is 1.47 bits per heavy atom. The second kappa shape index (κ2) is 17.7. The lowest BCUT2D eigenvalue weighted by atomic mass is 9.89. The van der Waals surface area contributed by atoms with Crippen LogP contribution in [0.3, 0.4) is 0 Å². The molecule has 1 rings (SSSR count). The van der Waals surface area contributed by atoms with Crippen molar-refractivity contribution in [1.29, 1.82) is 0 Å². The molecule has 6 heteroatoms. The van der Waals surface area contributed by atoms with Gasteiger partial charge in [-0.05, 0) is 63.1 Å². The van der Waals surface area contributed by atoms with Crippen LogP contribution in [0.5, 0.6) is 0 Å². The third-order valence-corrected chi connectivity index (χ3v) is 4.38. The van der Waals surface area contributed by atoms with E-state index >= 15 is 0 Å². The minimum absolute atomic E-state index is 0.173. The van der Waals surface area contributed by atoms with Crippen molar-refractivity contribution in [3.05, 3.63) is 29.3 Å². The first-order chi connectivity index (χ1) is 15.4. The highest BCUT2D eigenvalue weighted by molar-refractivity contribution is 5.84. The Morgan fingerprint density at radius 1 is 1.00 bits per heavy atom. The Balaban J connectivity index is -0.000000457. The summed E-state index contributed by atoms with van der Waals surface area (Å²) < 4.78 is 32.4. The monoisotopic (exact) mass is 489 g/mol. The van der Waals surface area contributed by atoms with Crippen molar-refractivity contribution in [2.24, 2.45) is 10.4 Å². The highest BCUT2D eigenvalue weighted by atomic mass is 19.4. The van der Waals surface area contributed by atoms with Gasteiger partial charge in [-0.2, -0.15) is 13.2 Å². The summed E-state index contributed by atoms with van der Waals surface area (Å²) >= 11 is 0. The normalized spacial score (nSPS) is 11.8. The summed E-state index contributed by atoms with van der Waals surface area (Å²) in [7, 11) is 0. The number of Topliss-reactive ketones (excluding diaryl/α,β-unsaturated/α-hetero) is 1. The van der Waals surface area contributed by atoms with Crippen LogP contribution >= 0.6 is 0 Å². The minimum atomic E-state index is -3.96. The molecule has 34 heavy (non-hydrogen) atoms. The number of hydrogen-bond donors (Lipinski definition) is 1. The molecular formula is C28H50F3NO2. The SMILES string of the molecule is CC.CCC(C)=Nc1ccc(C(C)(C)O)cc1C.CCC(F)(F)F.CCCC(=O)CC(C)(C)C. The van der Waals surface area contributed by atoms with Crippen molar-refractivity contribution in [3.63, 3.8) is 0 Å². The van der Waals surface area contributed by atoms with Crippen LogP contribution in [0.15, 0.2) is 23.2 Å². The molecule has 0 aliphatic carbocycles. The molecule has 1 aromatic rings. The molecule has 200 valence electrons. The zero-order valence-electron chi connectivity index (χ0n) is 23.7. The van der Waals surface area contributed by atoms with Crippen LogP contribution in [0.2, 0.25) is 0 Å². The lowest BCUT2D eigenvalue weighted by Gasteiger charge is -2.18. The van der Waals surface area contributed by atoms with Crippen molar-refractivity contribution in [2.75, 3.05) is 0 Å². The van der Waals surface area contributed by atoms with Gasteiger partial charge in [-0.15, -0.1) is 0 Å². The van der Waals surface area contributed by atoms with E-state index in [0.717, 1.165) is 55.1 Å². The number of alkyl halides is 3.